The van der Waals surface area contributed by atoms with Crippen LogP contribution in [0.1, 0.15) is 5.56 Å². The van der Waals surface area contributed by atoms with Crippen molar-refractivity contribution in [2.45, 2.75) is 11.3 Å². The van der Waals surface area contributed by atoms with Gasteiger partial charge >= 0.3 is 0 Å². The topological polar surface area (TPSA) is 46.2 Å². The molecule has 0 saturated heterocycles. The molecule has 0 aliphatic carbocycles. The van der Waals surface area contributed by atoms with Gasteiger partial charge in [-0.3, -0.25) is 0 Å². The minimum absolute atomic E-state index is 0.180. The van der Waals surface area contributed by atoms with E-state index in [2.05, 4.69) is 5.32 Å². The van der Waals surface area contributed by atoms with Gasteiger partial charge in [0, 0.05) is 6.26 Å². The molecule has 0 saturated carbocycles. The van der Waals surface area contributed by atoms with Crippen LogP contribution in [0.3, 0.4) is 0 Å². The van der Waals surface area contributed by atoms with Gasteiger partial charge in [0.05, 0.1) is 0 Å². The number of hydrogen-bond donors (Lipinski definition) is 1. The fraction of sp³-hybridized carbons (Fsp3) is 0.400. The molecule has 1 rings (SSSR count). The van der Waals surface area contributed by atoms with Gasteiger partial charge in [-0.2, -0.15) is 0 Å². The Morgan fingerprint density at radius 1 is 1.40 bits per heavy atom. The Balaban J connectivity index is 3.21. The highest BCUT2D eigenvalue weighted by atomic mass is 32.2. The normalized spacial score (nSPS) is 11.7. The predicted octanol–water partition coefficient (Wildman–Crippen LogP) is 0.991. The standard InChI is InChI=1S/C10H14FNO2S/c1-12-7-6-8-4-3-5-9(11)10(8)15(2,13)14/h3-5,12H,6-7H2,1-2H3. The summed E-state index contributed by atoms with van der Waals surface area (Å²) in [5.74, 6) is -0.675. The summed E-state index contributed by atoms with van der Waals surface area (Å²) in [6.45, 7) is 0.617. The summed E-state index contributed by atoms with van der Waals surface area (Å²) in [5.41, 5.74) is 0.520. The molecule has 15 heavy (non-hydrogen) atoms. The second-order valence-electron chi connectivity index (χ2n) is 3.35. The van der Waals surface area contributed by atoms with Gasteiger partial charge in [0.2, 0.25) is 0 Å². The summed E-state index contributed by atoms with van der Waals surface area (Å²) in [6.07, 6.45) is 1.52. The van der Waals surface area contributed by atoms with Crippen LogP contribution < -0.4 is 5.32 Å². The van der Waals surface area contributed by atoms with E-state index in [1.807, 2.05) is 0 Å². The predicted molar refractivity (Wildman–Crippen MR) is 57.1 cm³/mol. The number of likely N-dealkylation sites (N-methyl/N-ethyl adjacent to an activating group) is 1. The molecule has 1 N–H and O–H groups in total. The number of benzene rings is 1. The molecule has 0 aliphatic heterocycles. The van der Waals surface area contributed by atoms with Crippen molar-refractivity contribution in [1.29, 1.82) is 0 Å². The molecule has 0 bridgehead atoms. The Bertz CT molecular complexity index is 443. The number of halogens is 1. The van der Waals surface area contributed by atoms with E-state index in [-0.39, 0.29) is 4.90 Å². The highest BCUT2D eigenvalue weighted by Crippen LogP contribution is 2.19. The van der Waals surface area contributed by atoms with Crippen LogP contribution in [-0.2, 0) is 16.3 Å². The van der Waals surface area contributed by atoms with Crippen LogP contribution in [0, 0.1) is 5.82 Å². The summed E-state index contributed by atoms with van der Waals surface area (Å²) >= 11 is 0. The lowest BCUT2D eigenvalue weighted by molar-refractivity contribution is 0.565. The monoisotopic (exact) mass is 231 g/mol. The van der Waals surface area contributed by atoms with Crippen LogP contribution in [0.4, 0.5) is 4.39 Å². The molecule has 0 unspecified atom stereocenters. The van der Waals surface area contributed by atoms with Gasteiger partial charge in [0.1, 0.15) is 10.7 Å². The fourth-order valence-electron chi connectivity index (χ4n) is 1.43. The van der Waals surface area contributed by atoms with E-state index in [1.165, 1.54) is 12.1 Å². The molecule has 0 radical (unpaired) electrons. The molecule has 0 atom stereocenters. The van der Waals surface area contributed by atoms with Gasteiger partial charge in [-0.05, 0) is 31.6 Å². The largest absolute Gasteiger partial charge is 0.319 e. The average molecular weight is 231 g/mol. The average Bonchev–Trinajstić information content (AvgIpc) is 2.12. The molecule has 0 amide bonds. The molecular formula is C10H14FNO2S. The SMILES string of the molecule is CNCCc1cccc(F)c1S(C)(=O)=O. The molecule has 5 heteroatoms. The third-order valence-corrected chi connectivity index (χ3v) is 3.26. The van der Waals surface area contributed by atoms with Crippen molar-refractivity contribution in [1.82, 2.24) is 5.32 Å². The first kappa shape index (κ1) is 12.1. The molecular weight excluding hydrogens is 217 g/mol. The second-order valence-corrected chi connectivity index (χ2v) is 5.31. The zero-order valence-corrected chi connectivity index (χ0v) is 9.57. The summed E-state index contributed by atoms with van der Waals surface area (Å²) in [7, 11) is -1.73. The van der Waals surface area contributed by atoms with E-state index in [1.54, 1.807) is 13.1 Å². The maximum absolute atomic E-state index is 13.4. The minimum Gasteiger partial charge on any atom is -0.319 e. The Labute approximate surface area is 89.2 Å². The molecule has 0 aromatic heterocycles. The van der Waals surface area contributed by atoms with Crippen LogP contribution >= 0.6 is 0 Å². The zero-order valence-electron chi connectivity index (χ0n) is 8.75. The summed E-state index contributed by atoms with van der Waals surface area (Å²) in [4.78, 5) is -0.180. The second kappa shape index (κ2) is 4.72. The van der Waals surface area contributed by atoms with Gasteiger partial charge in [-0.1, -0.05) is 12.1 Å². The molecule has 1 aromatic carbocycles. The lowest BCUT2D eigenvalue weighted by Crippen LogP contribution is -2.13. The Morgan fingerprint density at radius 2 is 2.07 bits per heavy atom. The van der Waals surface area contributed by atoms with Crippen LogP contribution in [0.15, 0.2) is 23.1 Å². The lowest BCUT2D eigenvalue weighted by atomic mass is 10.1. The van der Waals surface area contributed by atoms with Gasteiger partial charge in [-0.25, -0.2) is 12.8 Å². The number of sulfone groups is 1. The molecule has 0 aliphatic rings. The van der Waals surface area contributed by atoms with Crippen molar-refractivity contribution in [3.63, 3.8) is 0 Å². The van der Waals surface area contributed by atoms with E-state index in [0.29, 0.717) is 18.5 Å². The first-order chi connectivity index (χ1) is 6.96. The van der Waals surface area contributed by atoms with Crippen LogP contribution in [0.25, 0.3) is 0 Å². The third kappa shape index (κ3) is 3.00. The van der Waals surface area contributed by atoms with Crippen LogP contribution in [0.5, 0.6) is 0 Å². The maximum atomic E-state index is 13.4. The van der Waals surface area contributed by atoms with Crippen molar-refractivity contribution >= 4 is 9.84 Å². The van der Waals surface area contributed by atoms with Crippen LogP contribution in [-0.4, -0.2) is 28.3 Å². The summed E-state index contributed by atoms with van der Waals surface area (Å²) in [6, 6.07) is 4.32. The fourth-order valence-corrected chi connectivity index (χ4v) is 2.49. The third-order valence-electron chi connectivity index (χ3n) is 2.06. The smallest absolute Gasteiger partial charge is 0.178 e. The van der Waals surface area contributed by atoms with Crippen molar-refractivity contribution in [2.75, 3.05) is 19.8 Å². The highest BCUT2D eigenvalue weighted by molar-refractivity contribution is 7.90. The first-order valence-electron chi connectivity index (χ1n) is 4.59. The molecule has 0 heterocycles. The van der Waals surface area contributed by atoms with E-state index < -0.39 is 15.7 Å². The highest BCUT2D eigenvalue weighted by Gasteiger charge is 2.17. The Hall–Kier alpha value is -0.940. The Morgan fingerprint density at radius 3 is 2.60 bits per heavy atom. The van der Waals surface area contributed by atoms with Crippen molar-refractivity contribution in [3.05, 3.63) is 29.6 Å². The van der Waals surface area contributed by atoms with E-state index in [9.17, 15) is 12.8 Å². The van der Waals surface area contributed by atoms with Crippen molar-refractivity contribution < 1.29 is 12.8 Å². The van der Waals surface area contributed by atoms with Gasteiger partial charge < -0.3 is 5.32 Å². The van der Waals surface area contributed by atoms with E-state index in [4.69, 9.17) is 0 Å². The molecule has 84 valence electrons. The molecule has 3 nitrogen and oxygen atoms in total. The van der Waals surface area contributed by atoms with E-state index in [0.717, 1.165) is 6.26 Å². The first-order valence-corrected chi connectivity index (χ1v) is 6.48. The number of nitrogens with one attached hydrogen (secondary N) is 1. The van der Waals surface area contributed by atoms with Crippen LogP contribution in [0.2, 0.25) is 0 Å². The number of hydrogen-bond acceptors (Lipinski definition) is 3. The van der Waals surface area contributed by atoms with E-state index >= 15 is 0 Å². The van der Waals surface area contributed by atoms with Gasteiger partial charge in [0.15, 0.2) is 9.84 Å². The zero-order chi connectivity index (χ0) is 11.5. The minimum atomic E-state index is -3.50. The number of rotatable bonds is 4. The molecule has 0 fully saturated rings. The maximum Gasteiger partial charge on any atom is 0.178 e. The quantitative estimate of drug-likeness (QED) is 0.840. The van der Waals surface area contributed by atoms with Crippen molar-refractivity contribution in [3.8, 4) is 0 Å². The summed E-state index contributed by atoms with van der Waals surface area (Å²) in [5, 5.41) is 2.90. The van der Waals surface area contributed by atoms with Gasteiger partial charge in [-0.15, -0.1) is 0 Å². The lowest BCUT2D eigenvalue weighted by Gasteiger charge is -2.08. The molecule has 1 aromatic rings. The molecule has 0 spiro atoms. The van der Waals surface area contributed by atoms with Gasteiger partial charge in [0.25, 0.3) is 0 Å². The Kier molecular flexibility index (Phi) is 3.82. The summed E-state index contributed by atoms with van der Waals surface area (Å²) < 4.78 is 36.1. The van der Waals surface area contributed by atoms with Crippen molar-refractivity contribution in [2.24, 2.45) is 0 Å².